The Bertz CT molecular complexity index is 270. The van der Waals surface area contributed by atoms with E-state index in [0.717, 1.165) is 38.3 Å². The highest BCUT2D eigenvalue weighted by molar-refractivity contribution is 5.77. The molecule has 0 rings (SSSR count). The Labute approximate surface area is 142 Å². The van der Waals surface area contributed by atoms with Gasteiger partial charge < -0.3 is 19.5 Å². The van der Waals surface area contributed by atoms with Crippen LogP contribution in [0.2, 0.25) is 0 Å². The van der Waals surface area contributed by atoms with Gasteiger partial charge in [-0.2, -0.15) is 0 Å². The van der Waals surface area contributed by atoms with E-state index in [1.807, 2.05) is 0 Å². The van der Waals surface area contributed by atoms with Crippen molar-refractivity contribution in [2.75, 3.05) is 46.2 Å². The second-order valence-corrected chi connectivity index (χ2v) is 6.70. The molecule has 0 unspecified atom stereocenters. The fourth-order valence-corrected chi connectivity index (χ4v) is 1.99. The van der Waals surface area contributed by atoms with E-state index >= 15 is 0 Å². The maximum absolute atomic E-state index is 11.5. The van der Waals surface area contributed by atoms with E-state index in [4.69, 9.17) is 14.2 Å². The maximum Gasteiger partial charge on any atom is 0.245 e. The van der Waals surface area contributed by atoms with Gasteiger partial charge in [-0.3, -0.25) is 4.79 Å². The summed E-state index contributed by atoms with van der Waals surface area (Å²) in [6, 6.07) is 0. The molecule has 0 aliphatic rings. The molecule has 0 aliphatic carbocycles. The minimum absolute atomic E-state index is 0.0535. The van der Waals surface area contributed by atoms with Crippen molar-refractivity contribution < 1.29 is 19.0 Å². The van der Waals surface area contributed by atoms with Crippen LogP contribution in [-0.2, 0) is 19.0 Å². The number of carbonyl (C=O) groups excluding carboxylic acids is 1. The number of rotatable bonds is 16. The van der Waals surface area contributed by atoms with Crippen molar-refractivity contribution in [2.24, 2.45) is 11.8 Å². The fourth-order valence-electron chi connectivity index (χ4n) is 1.99. The average molecular weight is 331 g/mol. The Morgan fingerprint density at radius 1 is 0.783 bits per heavy atom. The van der Waals surface area contributed by atoms with Crippen molar-refractivity contribution in [1.29, 1.82) is 0 Å². The zero-order valence-electron chi connectivity index (χ0n) is 15.6. The van der Waals surface area contributed by atoms with Gasteiger partial charge in [-0.1, -0.05) is 27.7 Å². The van der Waals surface area contributed by atoms with Gasteiger partial charge in [0.25, 0.3) is 0 Å². The molecule has 0 atom stereocenters. The van der Waals surface area contributed by atoms with E-state index in [0.29, 0.717) is 32.3 Å². The molecule has 0 saturated carbocycles. The van der Waals surface area contributed by atoms with Gasteiger partial charge in [0.1, 0.15) is 6.61 Å². The summed E-state index contributed by atoms with van der Waals surface area (Å²) in [4.78, 5) is 11.5. The molecule has 0 spiro atoms. The lowest BCUT2D eigenvalue weighted by atomic mass is 10.1. The third kappa shape index (κ3) is 19.3. The van der Waals surface area contributed by atoms with Crippen LogP contribution in [0.25, 0.3) is 0 Å². The first-order valence-corrected chi connectivity index (χ1v) is 9.02. The summed E-state index contributed by atoms with van der Waals surface area (Å²) in [5, 5.41) is 2.85. The van der Waals surface area contributed by atoms with Gasteiger partial charge in [-0.15, -0.1) is 0 Å². The van der Waals surface area contributed by atoms with Gasteiger partial charge >= 0.3 is 0 Å². The molecule has 23 heavy (non-hydrogen) atoms. The Balaban J connectivity index is 3.16. The molecule has 5 nitrogen and oxygen atoms in total. The molecule has 0 radical (unpaired) electrons. The number of hydrogen-bond donors (Lipinski definition) is 1. The van der Waals surface area contributed by atoms with E-state index in [1.54, 1.807) is 0 Å². The molecule has 0 heterocycles. The third-order valence-electron chi connectivity index (χ3n) is 3.33. The Morgan fingerprint density at radius 2 is 1.30 bits per heavy atom. The summed E-state index contributed by atoms with van der Waals surface area (Å²) in [5.41, 5.74) is 0. The van der Waals surface area contributed by atoms with E-state index in [2.05, 4.69) is 33.0 Å². The van der Waals surface area contributed by atoms with Gasteiger partial charge in [0.15, 0.2) is 0 Å². The Morgan fingerprint density at radius 3 is 1.91 bits per heavy atom. The summed E-state index contributed by atoms with van der Waals surface area (Å²) >= 11 is 0. The molecular weight excluding hydrogens is 294 g/mol. The molecule has 0 aromatic rings. The normalized spacial score (nSPS) is 11.4. The third-order valence-corrected chi connectivity index (χ3v) is 3.33. The van der Waals surface area contributed by atoms with Crippen LogP contribution in [0.5, 0.6) is 0 Å². The molecule has 1 N–H and O–H groups in total. The smallest absolute Gasteiger partial charge is 0.245 e. The van der Waals surface area contributed by atoms with Gasteiger partial charge in [0, 0.05) is 13.2 Å². The van der Waals surface area contributed by atoms with Crippen LogP contribution in [0, 0.1) is 11.8 Å². The van der Waals surface area contributed by atoms with Crippen LogP contribution in [0.15, 0.2) is 0 Å². The molecule has 0 aromatic carbocycles. The lowest BCUT2D eigenvalue weighted by Crippen LogP contribution is -2.29. The molecule has 0 bridgehead atoms. The summed E-state index contributed by atoms with van der Waals surface area (Å²) in [5.74, 6) is 1.36. The molecule has 0 fully saturated rings. The highest BCUT2D eigenvalue weighted by atomic mass is 16.5. The summed E-state index contributed by atoms with van der Waals surface area (Å²) in [7, 11) is 0. The van der Waals surface area contributed by atoms with Crippen molar-refractivity contribution in [2.45, 2.75) is 53.4 Å². The zero-order chi connectivity index (χ0) is 17.3. The molecule has 0 saturated heterocycles. The van der Waals surface area contributed by atoms with Crippen LogP contribution >= 0.6 is 0 Å². The summed E-state index contributed by atoms with van der Waals surface area (Å²) in [6.45, 7) is 12.6. The SMILES string of the molecule is CC(C)CCCNC(=O)COCCOCCOCCCC(C)C. The highest BCUT2D eigenvalue weighted by Crippen LogP contribution is 2.03. The van der Waals surface area contributed by atoms with Crippen LogP contribution in [0.3, 0.4) is 0 Å². The molecular formula is C18H37NO4. The van der Waals surface area contributed by atoms with E-state index < -0.39 is 0 Å². The number of nitrogens with one attached hydrogen (secondary N) is 1. The molecule has 0 aliphatic heterocycles. The fraction of sp³-hybridized carbons (Fsp3) is 0.944. The van der Waals surface area contributed by atoms with Crippen molar-refractivity contribution in [1.82, 2.24) is 5.32 Å². The predicted octanol–water partition coefficient (Wildman–Crippen LogP) is 3.02. The summed E-state index contributed by atoms with van der Waals surface area (Å²) in [6.07, 6.45) is 4.46. The molecule has 1 amide bonds. The number of carbonyl (C=O) groups is 1. The van der Waals surface area contributed by atoms with Crippen LogP contribution in [-0.4, -0.2) is 52.1 Å². The molecule has 5 heteroatoms. The summed E-state index contributed by atoms with van der Waals surface area (Å²) < 4.78 is 16.1. The minimum atomic E-state index is -0.0535. The van der Waals surface area contributed by atoms with Crippen LogP contribution < -0.4 is 5.32 Å². The first-order chi connectivity index (χ1) is 11.0. The van der Waals surface area contributed by atoms with Crippen molar-refractivity contribution in [3.8, 4) is 0 Å². The lowest BCUT2D eigenvalue weighted by Gasteiger charge is -2.08. The molecule has 138 valence electrons. The second-order valence-electron chi connectivity index (χ2n) is 6.70. The van der Waals surface area contributed by atoms with Gasteiger partial charge in [0.05, 0.1) is 26.4 Å². The van der Waals surface area contributed by atoms with Gasteiger partial charge in [-0.25, -0.2) is 0 Å². The second kappa shape index (κ2) is 16.2. The maximum atomic E-state index is 11.5. The largest absolute Gasteiger partial charge is 0.379 e. The van der Waals surface area contributed by atoms with Gasteiger partial charge in [0.2, 0.25) is 5.91 Å². The lowest BCUT2D eigenvalue weighted by molar-refractivity contribution is -0.126. The van der Waals surface area contributed by atoms with E-state index in [9.17, 15) is 4.79 Å². The van der Waals surface area contributed by atoms with Crippen molar-refractivity contribution >= 4 is 5.91 Å². The Kier molecular flexibility index (Phi) is 15.8. The van der Waals surface area contributed by atoms with Crippen LogP contribution in [0.1, 0.15) is 53.4 Å². The van der Waals surface area contributed by atoms with Crippen molar-refractivity contribution in [3.63, 3.8) is 0 Å². The standard InChI is InChI=1S/C18H37NO4/c1-16(2)7-5-9-19-18(20)15-23-14-13-22-12-11-21-10-6-8-17(3)4/h16-17H,5-15H2,1-4H3,(H,19,20). The predicted molar refractivity (Wildman–Crippen MR) is 93.6 cm³/mol. The van der Waals surface area contributed by atoms with Gasteiger partial charge in [-0.05, 0) is 37.5 Å². The highest BCUT2D eigenvalue weighted by Gasteiger charge is 2.01. The van der Waals surface area contributed by atoms with Crippen molar-refractivity contribution in [3.05, 3.63) is 0 Å². The minimum Gasteiger partial charge on any atom is -0.379 e. The Hall–Kier alpha value is -0.650. The topological polar surface area (TPSA) is 56.8 Å². The number of hydrogen-bond acceptors (Lipinski definition) is 4. The monoisotopic (exact) mass is 331 g/mol. The molecule has 0 aromatic heterocycles. The van der Waals surface area contributed by atoms with Crippen LogP contribution in [0.4, 0.5) is 0 Å². The van der Waals surface area contributed by atoms with E-state index in [-0.39, 0.29) is 12.5 Å². The first kappa shape index (κ1) is 22.4. The number of amides is 1. The average Bonchev–Trinajstić information content (AvgIpc) is 2.48. The van der Waals surface area contributed by atoms with E-state index in [1.165, 1.54) is 6.42 Å². The first-order valence-electron chi connectivity index (χ1n) is 9.02. The quantitative estimate of drug-likeness (QED) is 0.442. The number of ether oxygens (including phenoxy) is 3. The zero-order valence-corrected chi connectivity index (χ0v) is 15.6.